The standard InChI is InChI=1S/C27H33N3O4S/c31-24(16-17-25(32)34-18-8-11-20-9-3-1-4-10-20)30-27(35)29-23-15-7-12-21(19-23)26(33)28-22-13-5-2-6-14-22/h1,3-4,7,9-10,12,15,19,22H,2,5-6,8,11,13-14,16-18H2,(H,28,33)(H2,29,30,31,35). The Morgan fingerprint density at radius 1 is 0.943 bits per heavy atom. The summed E-state index contributed by atoms with van der Waals surface area (Å²) in [5.74, 6) is -0.906. The van der Waals surface area contributed by atoms with Gasteiger partial charge in [-0.2, -0.15) is 0 Å². The molecule has 2 aromatic carbocycles. The van der Waals surface area contributed by atoms with Crippen LogP contribution in [0.25, 0.3) is 0 Å². The number of anilines is 1. The van der Waals surface area contributed by atoms with Crippen LogP contribution in [0.4, 0.5) is 5.69 Å². The molecule has 0 saturated heterocycles. The summed E-state index contributed by atoms with van der Waals surface area (Å²) < 4.78 is 5.20. The lowest BCUT2D eigenvalue weighted by Crippen LogP contribution is -2.36. The number of carbonyl (C=O) groups is 3. The van der Waals surface area contributed by atoms with E-state index >= 15 is 0 Å². The Morgan fingerprint density at radius 2 is 1.71 bits per heavy atom. The molecule has 1 saturated carbocycles. The highest BCUT2D eigenvalue weighted by molar-refractivity contribution is 7.80. The van der Waals surface area contributed by atoms with Gasteiger partial charge in [0, 0.05) is 23.7 Å². The molecule has 3 N–H and O–H groups in total. The molecular weight excluding hydrogens is 462 g/mol. The Morgan fingerprint density at radius 3 is 2.49 bits per heavy atom. The highest BCUT2D eigenvalue weighted by atomic mass is 32.1. The van der Waals surface area contributed by atoms with Crippen LogP contribution in [-0.2, 0) is 20.7 Å². The molecule has 0 unspecified atom stereocenters. The minimum Gasteiger partial charge on any atom is -0.466 e. The van der Waals surface area contributed by atoms with Gasteiger partial charge in [0.1, 0.15) is 0 Å². The van der Waals surface area contributed by atoms with E-state index in [2.05, 4.69) is 16.0 Å². The summed E-state index contributed by atoms with van der Waals surface area (Å²) in [5, 5.41) is 8.68. The molecule has 0 bridgehead atoms. The molecule has 8 heteroatoms. The molecule has 0 aromatic heterocycles. The summed E-state index contributed by atoms with van der Waals surface area (Å²) >= 11 is 5.20. The molecule has 0 spiro atoms. The van der Waals surface area contributed by atoms with Crippen molar-refractivity contribution in [3.8, 4) is 0 Å². The lowest BCUT2D eigenvalue weighted by Gasteiger charge is -2.22. The first-order valence-corrected chi connectivity index (χ1v) is 12.6. The number of carbonyl (C=O) groups excluding carboxylic acids is 3. The third kappa shape index (κ3) is 9.86. The van der Waals surface area contributed by atoms with Gasteiger partial charge in [0.25, 0.3) is 5.91 Å². The van der Waals surface area contributed by atoms with E-state index in [1.54, 1.807) is 24.3 Å². The lowest BCUT2D eigenvalue weighted by molar-refractivity contribution is -0.145. The van der Waals surface area contributed by atoms with E-state index in [1.165, 1.54) is 12.0 Å². The van der Waals surface area contributed by atoms with Gasteiger partial charge in [0.2, 0.25) is 5.91 Å². The van der Waals surface area contributed by atoms with Crippen molar-refractivity contribution in [3.05, 3.63) is 65.7 Å². The number of aryl methyl sites for hydroxylation is 1. The van der Waals surface area contributed by atoms with E-state index in [9.17, 15) is 14.4 Å². The van der Waals surface area contributed by atoms with Crippen LogP contribution in [0.5, 0.6) is 0 Å². The predicted molar refractivity (Wildman–Crippen MR) is 140 cm³/mol. The van der Waals surface area contributed by atoms with Gasteiger partial charge in [-0.3, -0.25) is 14.4 Å². The molecule has 1 fully saturated rings. The highest BCUT2D eigenvalue weighted by Gasteiger charge is 2.17. The first kappa shape index (κ1) is 26.3. The second kappa shape index (κ2) is 14.2. The zero-order chi connectivity index (χ0) is 24.9. The van der Waals surface area contributed by atoms with E-state index in [4.69, 9.17) is 17.0 Å². The van der Waals surface area contributed by atoms with Crippen molar-refractivity contribution in [3.63, 3.8) is 0 Å². The summed E-state index contributed by atoms with van der Waals surface area (Å²) in [7, 11) is 0. The number of rotatable bonds is 10. The zero-order valence-electron chi connectivity index (χ0n) is 19.9. The second-order valence-corrected chi connectivity index (χ2v) is 9.11. The Bertz CT molecular complexity index is 1010. The largest absolute Gasteiger partial charge is 0.466 e. The topological polar surface area (TPSA) is 96.5 Å². The molecule has 186 valence electrons. The molecule has 1 aliphatic carbocycles. The fourth-order valence-electron chi connectivity index (χ4n) is 4.00. The van der Waals surface area contributed by atoms with Gasteiger partial charge < -0.3 is 20.7 Å². The number of thiocarbonyl (C=S) groups is 1. The number of nitrogens with one attached hydrogen (secondary N) is 3. The third-order valence-electron chi connectivity index (χ3n) is 5.85. The molecular formula is C27H33N3O4S. The average molecular weight is 496 g/mol. The molecule has 0 atom stereocenters. The Hall–Kier alpha value is -3.26. The van der Waals surface area contributed by atoms with Crippen molar-refractivity contribution in [1.29, 1.82) is 0 Å². The van der Waals surface area contributed by atoms with Gasteiger partial charge in [-0.1, -0.05) is 55.7 Å². The number of benzene rings is 2. The maximum Gasteiger partial charge on any atom is 0.306 e. The van der Waals surface area contributed by atoms with Crippen LogP contribution in [0, 0.1) is 0 Å². The van der Waals surface area contributed by atoms with Crippen LogP contribution in [-0.4, -0.2) is 35.5 Å². The van der Waals surface area contributed by atoms with Crippen LogP contribution >= 0.6 is 12.2 Å². The molecule has 2 amide bonds. The summed E-state index contributed by atoms with van der Waals surface area (Å²) in [5.41, 5.74) is 2.33. The Balaban J connectivity index is 1.33. The van der Waals surface area contributed by atoms with Gasteiger partial charge >= 0.3 is 5.97 Å². The van der Waals surface area contributed by atoms with Crippen LogP contribution in [0.2, 0.25) is 0 Å². The lowest BCUT2D eigenvalue weighted by atomic mass is 9.95. The van der Waals surface area contributed by atoms with Gasteiger partial charge in [-0.25, -0.2) is 0 Å². The maximum absolute atomic E-state index is 12.6. The van der Waals surface area contributed by atoms with E-state index in [-0.39, 0.29) is 35.8 Å². The molecule has 1 aliphatic rings. The van der Waals surface area contributed by atoms with Gasteiger partial charge in [-0.05, 0) is 61.7 Å². The predicted octanol–water partition coefficient (Wildman–Crippen LogP) is 4.52. The molecule has 2 aromatic rings. The molecule has 0 aliphatic heterocycles. The third-order valence-corrected chi connectivity index (χ3v) is 6.05. The van der Waals surface area contributed by atoms with Crippen LogP contribution in [0.15, 0.2) is 54.6 Å². The van der Waals surface area contributed by atoms with Gasteiger partial charge in [-0.15, -0.1) is 0 Å². The maximum atomic E-state index is 12.6. The number of hydrogen-bond acceptors (Lipinski definition) is 5. The van der Waals surface area contributed by atoms with E-state index in [1.807, 2.05) is 30.3 Å². The van der Waals surface area contributed by atoms with Gasteiger partial charge in [0.05, 0.1) is 13.0 Å². The number of esters is 1. The zero-order valence-corrected chi connectivity index (χ0v) is 20.7. The highest BCUT2D eigenvalue weighted by Crippen LogP contribution is 2.18. The monoisotopic (exact) mass is 495 g/mol. The van der Waals surface area contributed by atoms with Gasteiger partial charge in [0.15, 0.2) is 5.11 Å². The molecule has 0 heterocycles. The first-order valence-electron chi connectivity index (χ1n) is 12.2. The fraction of sp³-hybridized carbons (Fsp3) is 0.407. The summed E-state index contributed by atoms with van der Waals surface area (Å²) in [6.07, 6.45) is 7.07. The van der Waals surface area contributed by atoms with Crippen molar-refractivity contribution < 1.29 is 19.1 Å². The normalized spacial score (nSPS) is 13.5. The van der Waals surface area contributed by atoms with Crippen molar-refractivity contribution in [2.75, 3.05) is 11.9 Å². The summed E-state index contributed by atoms with van der Waals surface area (Å²) in [4.78, 5) is 36.6. The minimum atomic E-state index is -0.413. The van der Waals surface area contributed by atoms with Crippen LogP contribution < -0.4 is 16.0 Å². The van der Waals surface area contributed by atoms with Crippen LogP contribution in [0.1, 0.15) is 67.3 Å². The summed E-state index contributed by atoms with van der Waals surface area (Å²) in [6, 6.07) is 17.2. The van der Waals surface area contributed by atoms with Crippen LogP contribution in [0.3, 0.4) is 0 Å². The van der Waals surface area contributed by atoms with Crippen molar-refractivity contribution >= 4 is 40.8 Å². The fourth-order valence-corrected chi connectivity index (χ4v) is 4.23. The second-order valence-electron chi connectivity index (χ2n) is 8.70. The smallest absolute Gasteiger partial charge is 0.306 e. The molecule has 0 radical (unpaired) electrons. The number of amides is 2. The average Bonchev–Trinajstić information content (AvgIpc) is 2.86. The quantitative estimate of drug-likeness (QED) is 0.255. The first-order chi connectivity index (χ1) is 17.0. The van der Waals surface area contributed by atoms with E-state index < -0.39 is 5.97 Å². The number of ether oxygens (including phenoxy) is 1. The molecule has 3 rings (SSSR count). The SMILES string of the molecule is O=C(CCC(=O)OCCCc1ccccc1)NC(=S)Nc1cccc(C(=O)NC2CCCCC2)c1. The van der Waals surface area contributed by atoms with Crippen molar-refractivity contribution in [2.45, 2.75) is 63.8 Å². The molecule has 35 heavy (non-hydrogen) atoms. The van der Waals surface area contributed by atoms with Crippen molar-refractivity contribution in [2.24, 2.45) is 0 Å². The van der Waals surface area contributed by atoms with Crippen molar-refractivity contribution in [1.82, 2.24) is 10.6 Å². The Kier molecular flexibility index (Phi) is 10.7. The van der Waals surface area contributed by atoms with E-state index in [0.29, 0.717) is 17.9 Å². The minimum absolute atomic E-state index is 0.0173. The Labute approximate surface area is 212 Å². The summed E-state index contributed by atoms with van der Waals surface area (Å²) in [6.45, 7) is 0.319. The molecule has 7 nitrogen and oxygen atoms in total. The number of hydrogen-bond donors (Lipinski definition) is 3. The van der Waals surface area contributed by atoms with E-state index in [0.717, 1.165) is 38.5 Å².